The normalized spacial score (nSPS) is 38.7. The zero-order valence-corrected chi connectivity index (χ0v) is 10.8. The summed E-state index contributed by atoms with van der Waals surface area (Å²) >= 11 is 0. The molecular weight excluding hydrogens is 248 g/mol. The summed E-state index contributed by atoms with van der Waals surface area (Å²) < 4.78 is 22.3. The van der Waals surface area contributed by atoms with Crippen LogP contribution in [-0.2, 0) is 18.9 Å². The maximum absolute atomic E-state index is 10.1. The van der Waals surface area contributed by atoms with E-state index in [1.807, 2.05) is 30.3 Å². The molecule has 0 bridgehead atoms. The Morgan fingerprint density at radius 3 is 2.74 bits per heavy atom. The second kappa shape index (κ2) is 5.56. The first kappa shape index (κ1) is 13.0. The van der Waals surface area contributed by atoms with Crippen molar-refractivity contribution in [2.45, 2.75) is 37.3 Å². The molecule has 2 aliphatic heterocycles. The molecule has 0 saturated carbocycles. The number of rotatable bonds is 2. The summed E-state index contributed by atoms with van der Waals surface area (Å²) in [6.07, 6.45) is -1.67. The van der Waals surface area contributed by atoms with Crippen molar-refractivity contribution in [1.29, 1.82) is 0 Å². The van der Waals surface area contributed by atoms with E-state index in [9.17, 15) is 5.11 Å². The lowest BCUT2D eigenvalue weighted by molar-refractivity contribution is -0.334. The number of fused-ring (bicyclic) bond motifs is 1. The summed E-state index contributed by atoms with van der Waals surface area (Å²) in [5.74, 6) is 0. The Balaban J connectivity index is 1.70. The number of aliphatic hydroxyl groups excluding tert-OH is 1. The van der Waals surface area contributed by atoms with Crippen molar-refractivity contribution in [3.63, 3.8) is 0 Å². The van der Waals surface area contributed by atoms with Crippen LogP contribution in [0.15, 0.2) is 30.3 Å². The topological polar surface area (TPSA) is 57.2 Å². The van der Waals surface area contributed by atoms with Gasteiger partial charge in [0.05, 0.1) is 12.7 Å². The number of benzene rings is 1. The van der Waals surface area contributed by atoms with E-state index in [1.165, 1.54) is 0 Å². The monoisotopic (exact) mass is 266 g/mol. The lowest BCUT2D eigenvalue weighted by Crippen LogP contribution is -2.55. The van der Waals surface area contributed by atoms with Gasteiger partial charge in [-0.05, 0) is 0 Å². The molecular formula is C14H18O5. The summed E-state index contributed by atoms with van der Waals surface area (Å²) in [6, 6.07) is 9.70. The van der Waals surface area contributed by atoms with Crippen LogP contribution in [0.4, 0.5) is 0 Å². The van der Waals surface area contributed by atoms with Crippen molar-refractivity contribution in [1.82, 2.24) is 0 Å². The first-order valence-corrected chi connectivity index (χ1v) is 6.46. The first-order valence-electron chi connectivity index (χ1n) is 6.46. The fourth-order valence-electron chi connectivity index (χ4n) is 2.52. The molecule has 0 spiro atoms. The molecule has 5 nitrogen and oxygen atoms in total. The summed E-state index contributed by atoms with van der Waals surface area (Å²) in [6.45, 7) is 0.390. The van der Waals surface area contributed by atoms with Gasteiger partial charge in [-0.15, -0.1) is 0 Å². The maximum Gasteiger partial charge on any atom is 0.184 e. The van der Waals surface area contributed by atoms with Gasteiger partial charge in [-0.2, -0.15) is 0 Å². The Hall–Kier alpha value is -0.980. The molecule has 1 N–H and O–H groups in total. The zero-order chi connectivity index (χ0) is 13.2. The van der Waals surface area contributed by atoms with Crippen LogP contribution in [0.25, 0.3) is 0 Å². The summed E-state index contributed by atoms with van der Waals surface area (Å²) in [4.78, 5) is 0. The van der Waals surface area contributed by atoms with E-state index in [4.69, 9.17) is 18.9 Å². The molecule has 0 aliphatic carbocycles. The van der Waals surface area contributed by atoms with Gasteiger partial charge in [0.1, 0.15) is 12.2 Å². The average Bonchev–Trinajstić information content (AvgIpc) is 2.47. The zero-order valence-electron chi connectivity index (χ0n) is 10.8. The Kier molecular flexibility index (Phi) is 3.81. The van der Waals surface area contributed by atoms with E-state index >= 15 is 0 Å². The average molecular weight is 266 g/mol. The van der Waals surface area contributed by atoms with Crippen LogP contribution in [0.1, 0.15) is 18.3 Å². The lowest BCUT2D eigenvalue weighted by atomic mass is 10.0. The second-order valence-electron chi connectivity index (χ2n) is 4.82. The van der Waals surface area contributed by atoms with Crippen LogP contribution in [0.2, 0.25) is 0 Å². The largest absolute Gasteiger partial charge is 0.390 e. The van der Waals surface area contributed by atoms with Crippen LogP contribution < -0.4 is 0 Å². The minimum atomic E-state index is -0.598. The Labute approximate surface area is 112 Å². The quantitative estimate of drug-likeness (QED) is 0.872. The molecule has 0 aromatic heterocycles. The van der Waals surface area contributed by atoms with Crippen LogP contribution in [0.5, 0.6) is 0 Å². The van der Waals surface area contributed by atoms with Gasteiger partial charge in [-0.1, -0.05) is 30.3 Å². The molecule has 19 heavy (non-hydrogen) atoms. The van der Waals surface area contributed by atoms with E-state index in [0.717, 1.165) is 5.56 Å². The Morgan fingerprint density at radius 1 is 1.21 bits per heavy atom. The minimum Gasteiger partial charge on any atom is -0.390 e. The van der Waals surface area contributed by atoms with Crippen LogP contribution in [0, 0.1) is 0 Å². The summed E-state index contributed by atoms with van der Waals surface area (Å²) in [5.41, 5.74) is 0.946. The molecule has 2 fully saturated rings. The van der Waals surface area contributed by atoms with Crippen molar-refractivity contribution in [2.75, 3.05) is 13.7 Å². The summed E-state index contributed by atoms with van der Waals surface area (Å²) in [7, 11) is 1.56. The van der Waals surface area contributed by atoms with Crippen LogP contribution in [0.3, 0.4) is 0 Å². The predicted molar refractivity (Wildman–Crippen MR) is 66.3 cm³/mol. The molecule has 1 aromatic rings. The first-order chi connectivity index (χ1) is 9.28. The highest BCUT2D eigenvalue weighted by atomic mass is 16.7. The van der Waals surface area contributed by atoms with E-state index < -0.39 is 18.7 Å². The smallest absolute Gasteiger partial charge is 0.184 e. The molecule has 3 rings (SSSR count). The molecule has 5 heteroatoms. The number of hydrogen-bond acceptors (Lipinski definition) is 5. The minimum absolute atomic E-state index is 0.284. The highest BCUT2D eigenvalue weighted by molar-refractivity contribution is 5.16. The number of hydrogen-bond donors (Lipinski definition) is 1. The van der Waals surface area contributed by atoms with Crippen molar-refractivity contribution >= 4 is 0 Å². The van der Waals surface area contributed by atoms with E-state index in [0.29, 0.717) is 13.0 Å². The highest BCUT2D eigenvalue weighted by Gasteiger charge is 2.43. The SMILES string of the molecule is COC1C[C@@H](O)[C@H]2OC(c3ccccc3)OC[C@H]2O1. The molecule has 1 aromatic carbocycles. The van der Waals surface area contributed by atoms with Gasteiger partial charge in [0.15, 0.2) is 12.6 Å². The molecule has 0 amide bonds. The third kappa shape index (κ3) is 2.66. The van der Waals surface area contributed by atoms with E-state index in [1.54, 1.807) is 7.11 Å². The molecule has 2 saturated heterocycles. The molecule has 104 valence electrons. The molecule has 2 aliphatic rings. The maximum atomic E-state index is 10.1. The van der Waals surface area contributed by atoms with Crippen molar-refractivity contribution in [3.8, 4) is 0 Å². The number of ether oxygens (including phenoxy) is 4. The highest BCUT2D eigenvalue weighted by Crippen LogP contribution is 2.33. The van der Waals surface area contributed by atoms with Gasteiger partial charge >= 0.3 is 0 Å². The fraction of sp³-hybridized carbons (Fsp3) is 0.571. The van der Waals surface area contributed by atoms with Gasteiger partial charge in [-0.25, -0.2) is 0 Å². The second-order valence-corrected chi connectivity index (χ2v) is 4.82. The Bertz CT molecular complexity index is 410. The fourth-order valence-corrected chi connectivity index (χ4v) is 2.52. The third-order valence-electron chi connectivity index (χ3n) is 3.53. The third-order valence-corrected chi connectivity index (χ3v) is 3.53. The lowest BCUT2D eigenvalue weighted by Gasteiger charge is -2.43. The summed E-state index contributed by atoms with van der Waals surface area (Å²) in [5, 5.41) is 10.1. The van der Waals surface area contributed by atoms with Gasteiger partial charge in [0, 0.05) is 19.1 Å². The molecule has 2 unspecified atom stereocenters. The van der Waals surface area contributed by atoms with Crippen molar-refractivity contribution in [2.24, 2.45) is 0 Å². The van der Waals surface area contributed by atoms with Gasteiger partial charge in [0.25, 0.3) is 0 Å². The predicted octanol–water partition coefficient (Wildman–Crippen LogP) is 1.22. The van der Waals surface area contributed by atoms with E-state index in [-0.39, 0.29) is 12.2 Å². The molecule has 5 atom stereocenters. The van der Waals surface area contributed by atoms with Crippen molar-refractivity contribution < 1.29 is 24.1 Å². The van der Waals surface area contributed by atoms with Crippen molar-refractivity contribution in [3.05, 3.63) is 35.9 Å². The van der Waals surface area contributed by atoms with Crippen LogP contribution in [-0.4, -0.2) is 43.4 Å². The van der Waals surface area contributed by atoms with Gasteiger partial charge in [0.2, 0.25) is 0 Å². The molecule has 2 heterocycles. The van der Waals surface area contributed by atoms with Gasteiger partial charge < -0.3 is 24.1 Å². The number of methoxy groups -OCH3 is 1. The van der Waals surface area contributed by atoms with Gasteiger partial charge in [-0.3, -0.25) is 0 Å². The Morgan fingerprint density at radius 2 is 2.00 bits per heavy atom. The standard InChI is InChI=1S/C14H18O5/c1-16-12-7-10(15)13-11(18-12)8-17-14(19-13)9-5-3-2-4-6-9/h2-6,10-15H,7-8H2,1H3/t10-,11-,12?,13-,14?/m1/s1. The number of aliphatic hydroxyl groups is 1. The molecule has 0 radical (unpaired) electrons. The van der Waals surface area contributed by atoms with E-state index in [2.05, 4.69) is 0 Å². The van der Waals surface area contributed by atoms with Crippen LogP contribution >= 0.6 is 0 Å².